The third kappa shape index (κ3) is 3.33. The summed E-state index contributed by atoms with van der Waals surface area (Å²) < 4.78 is 7.23. The van der Waals surface area contributed by atoms with Gasteiger partial charge in [0.2, 0.25) is 5.91 Å². The van der Waals surface area contributed by atoms with Crippen molar-refractivity contribution in [3.63, 3.8) is 0 Å². The molecule has 1 aromatic carbocycles. The Balaban J connectivity index is 1.66. The molecule has 3 rings (SSSR count). The van der Waals surface area contributed by atoms with Crippen LogP contribution in [0, 0.1) is 12.3 Å². The molecule has 120 valence electrons. The van der Waals surface area contributed by atoms with Crippen LogP contribution >= 0.6 is 0 Å². The molecular formula is C18H21N3O2. The largest absolute Gasteiger partial charge is 0.497 e. The number of terminal acetylenes is 1. The first-order chi connectivity index (χ1) is 11.2. The van der Waals surface area contributed by atoms with E-state index in [0.29, 0.717) is 13.1 Å². The second-order valence-corrected chi connectivity index (χ2v) is 5.73. The van der Waals surface area contributed by atoms with Crippen LogP contribution in [0.4, 0.5) is 0 Å². The van der Waals surface area contributed by atoms with Crippen LogP contribution in [-0.4, -0.2) is 60.1 Å². The molecule has 5 heteroatoms. The molecule has 1 fully saturated rings. The zero-order chi connectivity index (χ0) is 16.2. The van der Waals surface area contributed by atoms with Crippen molar-refractivity contribution in [2.75, 3.05) is 39.8 Å². The lowest BCUT2D eigenvalue weighted by atomic mass is 10.2. The summed E-state index contributed by atoms with van der Waals surface area (Å²) in [5, 5.41) is 1.08. The number of amides is 1. The average molecular weight is 311 g/mol. The first kappa shape index (κ1) is 15.4. The SMILES string of the molecule is C#CCN1CCN(C(=O)Cn2ccc3cc(OC)ccc32)CC1. The number of fused-ring (bicyclic) bond motifs is 1. The Morgan fingerprint density at radius 2 is 2.04 bits per heavy atom. The monoisotopic (exact) mass is 311 g/mol. The van der Waals surface area contributed by atoms with Gasteiger partial charge >= 0.3 is 0 Å². The standard InChI is InChI=1S/C18H21N3O2/c1-3-7-19-9-11-20(12-10-19)18(22)14-21-8-6-15-13-16(23-2)4-5-17(15)21/h1,4-6,8,13H,7,9-12,14H2,2H3. The quantitative estimate of drug-likeness (QED) is 0.802. The molecule has 2 aromatic rings. The highest BCUT2D eigenvalue weighted by atomic mass is 16.5. The number of aromatic nitrogens is 1. The maximum atomic E-state index is 12.5. The van der Waals surface area contributed by atoms with E-state index >= 15 is 0 Å². The maximum Gasteiger partial charge on any atom is 0.242 e. The number of methoxy groups -OCH3 is 1. The second kappa shape index (κ2) is 6.76. The average Bonchev–Trinajstić information content (AvgIpc) is 2.98. The van der Waals surface area contributed by atoms with E-state index in [1.54, 1.807) is 7.11 Å². The first-order valence-electron chi connectivity index (χ1n) is 7.78. The van der Waals surface area contributed by atoms with Gasteiger partial charge in [0.1, 0.15) is 12.3 Å². The first-order valence-corrected chi connectivity index (χ1v) is 7.78. The molecule has 1 saturated heterocycles. The van der Waals surface area contributed by atoms with Crippen molar-refractivity contribution < 1.29 is 9.53 Å². The van der Waals surface area contributed by atoms with Crippen LogP contribution in [0.25, 0.3) is 10.9 Å². The van der Waals surface area contributed by atoms with Gasteiger partial charge in [-0.2, -0.15) is 0 Å². The molecule has 0 aliphatic carbocycles. The molecule has 2 heterocycles. The van der Waals surface area contributed by atoms with Crippen molar-refractivity contribution in [1.29, 1.82) is 0 Å². The molecule has 1 aliphatic rings. The fourth-order valence-electron chi connectivity index (χ4n) is 2.97. The number of hydrogen-bond acceptors (Lipinski definition) is 3. The minimum atomic E-state index is 0.152. The van der Waals surface area contributed by atoms with Gasteiger partial charge in [0.05, 0.1) is 13.7 Å². The summed E-state index contributed by atoms with van der Waals surface area (Å²) >= 11 is 0. The predicted molar refractivity (Wildman–Crippen MR) is 90.3 cm³/mol. The summed E-state index contributed by atoms with van der Waals surface area (Å²) in [7, 11) is 1.65. The van der Waals surface area contributed by atoms with Crippen molar-refractivity contribution in [1.82, 2.24) is 14.4 Å². The highest BCUT2D eigenvalue weighted by molar-refractivity contribution is 5.84. The van der Waals surface area contributed by atoms with Crippen LogP contribution < -0.4 is 4.74 Å². The Bertz CT molecular complexity index is 736. The zero-order valence-corrected chi connectivity index (χ0v) is 13.4. The van der Waals surface area contributed by atoms with Crippen LogP contribution in [0.2, 0.25) is 0 Å². The Kier molecular flexibility index (Phi) is 4.54. The van der Waals surface area contributed by atoms with Crippen LogP contribution in [0.5, 0.6) is 5.75 Å². The van der Waals surface area contributed by atoms with Crippen molar-refractivity contribution >= 4 is 16.8 Å². The number of benzene rings is 1. The van der Waals surface area contributed by atoms with Gasteiger partial charge in [-0.25, -0.2) is 0 Å². The van der Waals surface area contributed by atoms with Gasteiger partial charge in [0.15, 0.2) is 0 Å². The van der Waals surface area contributed by atoms with E-state index in [0.717, 1.165) is 42.8 Å². The molecule has 0 spiro atoms. The van der Waals surface area contributed by atoms with Crippen molar-refractivity contribution in [3.05, 3.63) is 30.5 Å². The van der Waals surface area contributed by atoms with E-state index in [4.69, 9.17) is 11.2 Å². The third-order valence-electron chi connectivity index (χ3n) is 4.32. The number of carbonyl (C=O) groups is 1. The van der Waals surface area contributed by atoms with Crippen LogP contribution in [-0.2, 0) is 11.3 Å². The molecule has 1 amide bonds. The minimum Gasteiger partial charge on any atom is -0.497 e. The van der Waals surface area contributed by atoms with E-state index in [-0.39, 0.29) is 5.91 Å². The fourth-order valence-corrected chi connectivity index (χ4v) is 2.97. The van der Waals surface area contributed by atoms with Crippen LogP contribution in [0.15, 0.2) is 30.5 Å². The number of hydrogen-bond donors (Lipinski definition) is 0. The van der Waals surface area contributed by atoms with Crippen LogP contribution in [0.3, 0.4) is 0 Å². The summed E-state index contributed by atoms with van der Waals surface area (Å²) in [5.74, 6) is 3.63. The number of ether oxygens (including phenoxy) is 1. The zero-order valence-electron chi connectivity index (χ0n) is 13.4. The topological polar surface area (TPSA) is 37.7 Å². The van der Waals surface area contributed by atoms with Crippen molar-refractivity contribution in [3.8, 4) is 18.1 Å². The lowest BCUT2D eigenvalue weighted by Gasteiger charge is -2.33. The van der Waals surface area contributed by atoms with Crippen molar-refractivity contribution in [2.45, 2.75) is 6.54 Å². The summed E-state index contributed by atoms with van der Waals surface area (Å²) in [6, 6.07) is 7.90. The third-order valence-corrected chi connectivity index (χ3v) is 4.32. The Labute approximate surface area is 136 Å². The molecule has 0 atom stereocenters. The second-order valence-electron chi connectivity index (χ2n) is 5.73. The molecule has 0 N–H and O–H groups in total. The maximum absolute atomic E-state index is 12.5. The summed E-state index contributed by atoms with van der Waals surface area (Å²) in [6.07, 6.45) is 7.29. The van der Waals surface area contributed by atoms with E-state index in [1.807, 2.05) is 39.9 Å². The van der Waals surface area contributed by atoms with E-state index in [2.05, 4.69) is 10.8 Å². The van der Waals surface area contributed by atoms with Gasteiger partial charge in [-0.3, -0.25) is 9.69 Å². The van der Waals surface area contributed by atoms with Gasteiger partial charge in [-0.15, -0.1) is 6.42 Å². The molecule has 1 aliphatic heterocycles. The van der Waals surface area contributed by atoms with E-state index < -0.39 is 0 Å². The van der Waals surface area contributed by atoms with Gasteiger partial charge in [0.25, 0.3) is 0 Å². The summed E-state index contributed by atoms with van der Waals surface area (Å²) in [5.41, 5.74) is 1.05. The number of rotatable bonds is 4. The number of carbonyl (C=O) groups excluding carboxylic acids is 1. The molecule has 5 nitrogen and oxygen atoms in total. The fraction of sp³-hybridized carbons (Fsp3) is 0.389. The Morgan fingerprint density at radius 1 is 1.26 bits per heavy atom. The molecular weight excluding hydrogens is 290 g/mol. The van der Waals surface area contributed by atoms with E-state index in [1.165, 1.54) is 0 Å². The minimum absolute atomic E-state index is 0.152. The molecule has 0 radical (unpaired) electrons. The van der Waals surface area contributed by atoms with Crippen molar-refractivity contribution in [2.24, 2.45) is 0 Å². The summed E-state index contributed by atoms with van der Waals surface area (Å²) in [4.78, 5) is 16.6. The smallest absolute Gasteiger partial charge is 0.242 e. The van der Waals surface area contributed by atoms with Gasteiger partial charge < -0.3 is 14.2 Å². The van der Waals surface area contributed by atoms with Gasteiger partial charge in [0, 0.05) is 43.3 Å². The molecule has 0 saturated carbocycles. The van der Waals surface area contributed by atoms with Crippen LogP contribution in [0.1, 0.15) is 0 Å². The number of piperazine rings is 1. The van der Waals surface area contributed by atoms with Gasteiger partial charge in [-0.1, -0.05) is 5.92 Å². The Morgan fingerprint density at radius 3 is 2.74 bits per heavy atom. The molecule has 0 unspecified atom stereocenters. The highest BCUT2D eigenvalue weighted by Crippen LogP contribution is 2.22. The summed E-state index contributed by atoms with van der Waals surface area (Å²) in [6.45, 7) is 4.21. The lowest BCUT2D eigenvalue weighted by molar-refractivity contribution is -0.133. The van der Waals surface area contributed by atoms with E-state index in [9.17, 15) is 4.79 Å². The predicted octanol–water partition coefficient (Wildman–Crippen LogP) is 1.43. The molecule has 0 bridgehead atoms. The Hall–Kier alpha value is -2.45. The lowest BCUT2D eigenvalue weighted by Crippen LogP contribution is -2.49. The van der Waals surface area contributed by atoms with Gasteiger partial charge in [-0.05, 0) is 24.3 Å². The highest BCUT2D eigenvalue weighted by Gasteiger charge is 2.20. The number of nitrogens with zero attached hydrogens (tertiary/aromatic N) is 3. The normalized spacial score (nSPS) is 15.6. The molecule has 23 heavy (non-hydrogen) atoms. The molecule has 1 aromatic heterocycles.